The third-order valence-corrected chi connectivity index (χ3v) is 3.76. The van der Waals surface area contributed by atoms with E-state index in [0.29, 0.717) is 11.3 Å². The molecular formula is C12H19NO5S. The van der Waals surface area contributed by atoms with Crippen molar-refractivity contribution in [3.63, 3.8) is 0 Å². The van der Waals surface area contributed by atoms with Gasteiger partial charge in [0.15, 0.2) is 9.84 Å². The molecule has 0 heterocycles. The normalized spacial score (nSPS) is 13.1. The summed E-state index contributed by atoms with van der Waals surface area (Å²) in [6.07, 6.45) is 0.189. The van der Waals surface area contributed by atoms with Crippen LogP contribution in [0.4, 0.5) is 0 Å². The predicted molar refractivity (Wildman–Crippen MR) is 71.5 cm³/mol. The van der Waals surface area contributed by atoms with Gasteiger partial charge in [-0.05, 0) is 13.1 Å². The summed E-state index contributed by atoms with van der Waals surface area (Å²) >= 11 is 0. The number of likely N-dealkylation sites (N-methyl/N-ethyl adjacent to an activating group) is 1. The van der Waals surface area contributed by atoms with Gasteiger partial charge in [-0.15, -0.1) is 0 Å². The van der Waals surface area contributed by atoms with Crippen molar-refractivity contribution in [1.29, 1.82) is 0 Å². The average Bonchev–Trinajstić information content (AvgIpc) is 2.36. The maximum absolute atomic E-state index is 11.8. The van der Waals surface area contributed by atoms with E-state index in [4.69, 9.17) is 9.47 Å². The van der Waals surface area contributed by atoms with Gasteiger partial charge in [0.25, 0.3) is 0 Å². The highest BCUT2D eigenvalue weighted by Gasteiger charge is 2.23. The minimum atomic E-state index is -3.49. The lowest BCUT2D eigenvalue weighted by Crippen LogP contribution is -2.18. The number of nitrogens with one attached hydrogen (secondary N) is 1. The molecule has 1 aromatic rings. The van der Waals surface area contributed by atoms with Crippen molar-refractivity contribution in [1.82, 2.24) is 5.32 Å². The number of aliphatic hydroxyl groups is 1. The highest BCUT2D eigenvalue weighted by molar-refractivity contribution is 7.90. The fourth-order valence-electron chi connectivity index (χ4n) is 1.76. The van der Waals surface area contributed by atoms with Crippen molar-refractivity contribution in [2.45, 2.75) is 11.0 Å². The molecule has 0 fully saturated rings. The maximum atomic E-state index is 11.8. The molecule has 0 aliphatic carbocycles. The van der Waals surface area contributed by atoms with Gasteiger partial charge >= 0.3 is 0 Å². The smallest absolute Gasteiger partial charge is 0.179 e. The predicted octanol–water partition coefficient (Wildman–Crippen LogP) is 0.360. The van der Waals surface area contributed by atoms with Gasteiger partial charge < -0.3 is 19.9 Å². The molecule has 0 saturated heterocycles. The third kappa shape index (κ3) is 3.59. The van der Waals surface area contributed by atoms with E-state index < -0.39 is 15.9 Å². The van der Waals surface area contributed by atoms with Crippen LogP contribution in [-0.4, -0.2) is 47.6 Å². The summed E-state index contributed by atoms with van der Waals surface area (Å²) in [4.78, 5) is -0.000460. The van der Waals surface area contributed by atoms with Gasteiger partial charge in [0, 0.05) is 24.4 Å². The Hall–Kier alpha value is -1.31. The molecule has 0 spiro atoms. The lowest BCUT2D eigenvalue weighted by Gasteiger charge is -2.18. The lowest BCUT2D eigenvalue weighted by molar-refractivity contribution is 0.172. The van der Waals surface area contributed by atoms with E-state index in [0.717, 1.165) is 6.26 Å². The Morgan fingerprint density at radius 2 is 1.95 bits per heavy atom. The molecule has 2 N–H and O–H groups in total. The van der Waals surface area contributed by atoms with Gasteiger partial charge in [-0.1, -0.05) is 0 Å². The fraction of sp³-hybridized carbons (Fsp3) is 0.500. The van der Waals surface area contributed by atoms with Crippen molar-refractivity contribution in [2.75, 3.05) is 34.1 Å². The molecule has 0 radical (unpaired) electrons. The van der Waals surface area contributed by atoms with Gasteiger partial charge in [0.1, 0.15) is 16.4 Å². The molecule has 0 aliphatic rings. The van der Waals surface area contributed by atoms with Crippen LogP contribution in [0.1, 0.15) is 11.7 Å². The van der Waals surface area contributed by atoms with E-state index in [9.17, 15) is 13.5 Å². The number of hydrogen-bond donors (Lipinski definition) is 2. The van der Waals surface area contributed by atoms with Crippen molar-refractivity contribution < 1.29 is 23.0 Å². The van der Waals surface area contributed by atoms with E-state index in [1.54, 1.807) is 13.1 Å². The van der Waals surface area contributed by atoms with Crippen LogP contribution >= 0.6 is 0 Å². The second-order valence-electron chi connectivity index (χ2n) is 4.09. The Labute approximate surface area is 113 Å². The van der Waals surface area contributed by atoms with E-state index in [1.807, 2.05) is 0 Å². The van der Waals surface area contributed by atoms with Gasteiger partial charge in [-0.2, -0.15) is 0 Å². The van der Waals surface area contributed by atoms with Crippen LogP contribution in [-0.2, 0) is 9.84 Å². The number of benzene rings is 1. The standard InChI is InChI=1S/C12H19NO5S/c1-13-7-10(14)9-5-8(17-2)6-11(12(9)18-3)19(4,15)16/h5-6,10,13-14H,7H2,1-4H3. The summed E-state index contributed by atoms with van der Waals surface area (Å²) in [5, 5.41) is 12.9. The fourth-order valence-corrected chi connectivity index (χ4v) is 2.63. The van der Waals surface area contributed by atoms with Crippen LogP contribution in [0.3, 0.4) is 0 Å². The molecule has 19 heavy (non-hydrogen) atoms. The number of aliphatic hydroxyl groups excluding tert-OH is 1. The number of rotatable bonds is 6. The molecule has 0 bridgehead atoms. The highest BCUT2D eigenvalue weighted by atomic mass is 32.2. The van der Waals surface area contributed by atoms with Gasteiger partial charge in [0.2, 0.25) is 0 Å². The maximum Gasteiger partial charge on any atom is 0.179 e. The third-order valence-electron chi connectivity index (χ3n) is 2.65. The molecule has 1 unspecified atom stereocenters. The molecule has 7 heteroatoms. The highest BCUT2D eigenvalue weighted by Crippen LogP contribution is 2.36. The van der Waals surface area contributed by atoms with Crippen LogP contribution in [0.25, 0.3) is 0 Å². The zero-order valence-electron chi connectivity index (χ0n) is 11.4. The quantitative estimate of drug-likeness (QED) is 0.786. The van der Waals surface area contributed by atoms with Crippen molar-refractivity contribution in [3.8, 4) is 11.5 Å². The first-order chi connectivity index (χ1) is 8.85. The number of ether oxygens (including phenoxy) is 2. The Morgan fingerprint density at radius 3 is 2.37 bits per heavy atom. The number of sulfone groups is 1. The second-order valence-corrected chi connectivity index (χ2v) is 6.08. The van der Waals surface area contributed by atoms with Crippen molar-refractivity contribution in [2.24, 2.45) is 0 Å². The zero-order chi connectivity index (χ0) is 14.6. The molecule has 108 valence electrons. The molecule has 6 nitrogen and oxygen atoms in total. The summed E-state index contributed by atoms with van der Waals surface area (Å²) in [5.74, 6) is 0.498. The summed E-state index contributed by atoms with van der Waals surface area (Å²) in [5.41, 5.74) is 0.372. The minimum absolute atomic E-state index is 0.000460. The van der Waals surface area contributed by atoms with Crippen LogP contribution in [0, 0.1) is 0 Å². The summed E-state index contributed by atoms with van der Waals surface area (Å²) in [6, 6.07) is 2.94. The SMILES string of the molecule is CNCC(O)c1cc(OC)cc(S(C)(=O)=O)c1OC. The van der Waals surface area contributed by atoms with E-state index in [1.165, 1.54) is 20.3 Å². The van der Waals surface area contributed by atoms with Gasteiger partial charge in [-0.25, -0.2) is 8.42 Å². The minimum Gasteiger partial charge on any atom is -0.497 e. The molecule has 0 aromatic heterocycles. The molecule has 0 saturated carbocycles. The molecule has 0 amide bonds. The molecule has 1 atom stereocenters. The molecule has 1 rings (SSSR count). The van der Waals surface area contributed by atoms with Crippen LogP contribution in [0.2, 0.25) is 0 Å². The topological polar surface area (TPSA) is 84.9 Å². The Balaban J connectivity index is 3.52. The molecular weight excluding hydrogens is 270 g/mol. The van der Waals surface area contributed by atoms with E-state index in [-0.39, 0.29) is 17.2 Å². The lowest BCUT2D eigenvalue weighted by atomic mass is 10.1. The van der Waals surface area contributed by atoms with E-state index >= 15 is 0 Å². The van der Waals surface area contributed by atoms with Crippen LogP contribution in [0.5, 0.6) is 11.5 Å². The molecule has 0 aliphatic heterocycles. The summed E-state index contributed by atoms with van der Waals surface area (Å²) in [6.45, 7) is 0.271. The second kappa shape index (κ2) is 6.23. The summed E-state index contributed by atoms with van der Waals surface area (Å²) < 4.78 is 33.8. The van der Waals surface area contributed by atoms with Crippen LogP contribution < -0.4 is 14.8 Å². The number of methoxy groups -OCH3 is 2. The van der Waals surface area contributed by atoms with Crippen LogP contribution in [0.15, 0.2) is 17.0 Å². The monoisotopic (exact) mass is 289 g/mol. The summed E-state index contributed by atoms with van der Waals surface area (Å²) in [7, 11) is 1.00. The Kier molecular flexibility index (Phi) is 5.16. The first-order valence-corrected chi connectivity index (χ1v) is 7.53. The van der Waals surface area contributed by atoms with Crippen molar-refractivity contribution in [3.05, 3.63) is 17.7 Å². The Bertz CT molecular complexity index is 541. The zero-order valence-corrected chi connectivity index (χ0v) is 12.2. The van der Waals surface area contributed by atoms with E-state index in [2.05, 4.69) is 5.32 Å². The molecule has 1 aromatic carbocycles. The number of hydrogen-bond acceptors (Lipinski definition) is 6. The van der Waals surface area contributed by atoms with Crippen molar-refractivity contribution >= 4 is 9.84 Å². The van der Waals surface area contributed by atoms with Gasteiger partial charge in [-0.3, -0.25) is 0 Å². The first-order valence-electron chi connectivity index (χ1n) is 5.63. The first kappa shape index (κ1) is 15.7. The Morgan fingerprint density at radius 1 is 1.32 bits per heavy atom. The average molecular weight is 289 g/mol. The van der Waals surface area contributed by atoms with Gasteiger partial charge in [0.05, 0.1) is 20.3 Å². The largest absolute Gasteiger partial charge is 0.497 e.